The molecule has 112 valence electrons. The van der Waals surface area contributed by atoms with Crippen molar-refractivity contribution in [1.82, 2.24) is 10.3 Å². The van der Waals surface area contributed by atoms with E-state index in [0.29, 0.717) is 11.0 Å². The van der Waals surface area contributed by atoms with E-state index in [4.69, 9.17) is 0 Å². The zero-order chi connectivity index (χ0) is 13.9. The van der Waals surface area contributed by atoms with Crippen LogP contribution < -0.4 is 10.6 Å². The molecule has 1 aliphatic heterocycles. The van der Waals surface area contributed by atoms with Crippen LogP contribution in [0.3, 0.4) is 0 Å². The minimum Gasteiger partial charge on any atom is -0.316 e. The molecule has 1 atom stereocenters. The summed E-state index contributed by atoms with van der Waals surface area (Å²) in [5, 5.41) is 6.79. The van der Waals surface area contributed by atoms with Gasteiger partial charge in [-0.2, -0.15) is 0 Å². The van der Waals surface area contributed by atoms with Crippen molar-refractivity contribution < 1.29 is 4.79 Å². The van der Waals surface area contributed by atoms with Gasteiger partial charge in [0.2, 0.25) is 5.91 Å². The van der Waals surface area contributed by atoms with Gasteiger partial charge in [0.1, 0.15) is 0 Å². The Balaban J connectivity index is 0.00000161. The van der Waals surface area contributed by atoms with Crippen molar-refractivity contribution in [3.05, 3.63) is 36.5 Å². The number of halogens is 1. The van der Waals surface area contributed by atoms with Crippen LogP contribution in [0.2, 0.25) is 0 Å². The van der Waals surface area contributed by atoms with E-state index in [1.165, 1.54) is 11.3 Å². The highest BCUT2D eigenvalue weighted by molar-refractivity contribution is 7.19. The fraction of sp³-hybridized carbons (Fsp3) is 0.333. The van der Waals surface area contributed by atoms with E-state index in [2.05, 4.69) is 15.6 Å². The van der Waals surface area contributed by atoms with E-state index in [1.807, 2.05) is 43.5 Å². The largest absolute Gasteiger partial charge is 0.316 e. The van der Waals surface area contributed by atoms with Gasteiger partial charge in [0.05, 0.1) is 4.88 Å². The lowest BCUT2D eigenvalue weighted by Crippen LogP contribution is -2.48. The second-order valence-electron chi connectivity index (χ2n) is 5.09. The Hall–Kier alpha value is -1.43. The first-order valence-corrected chi connectivity index (χ1v) is 7.58. The van der Waals surface area contributed by atoms with Gasteiger partial charge in [0, 0.05) is 12.1 Å². The number of benzene rings is 1. The van der Waals surface area contributed by atoms with E-state index < -0.39 is 0 Å². The summed E-state index contributed by atoms with van der Waals surface area (Å²) in [6.45, 7) is 3.84. The van der Waals surface area contributed by atoms with E-state index >= 15 is 0 Å². The molecule has 1 unspecified atom stereocenters. The smallest absolute Gasteiger partial charge is 0.229 e. The molecule has 2 N–H and O–H groups in total. The molecule has 0 saturated carbocycles. The van der Waals surface area contributed by atoms with Crippen LogP contribution in [-0.4, -0.2) is 24.0 Å². The third-order valence-electron chi connectivity index (χ3n) is 3.73. The molecule has 21 heavy (non-hydrogen) atoms. The number of carbonyl (C=O) groups excluding carboxylic acids is 1. The molecule has 2 heterocycles. The van der Waals surface area contributed by atoms with Crippen LogP contribution in [0.4, 0.5) is 5.13 Å². The fourth-order valence-corrected chi connectivity index (χ4v) is 2.99. The van der Waals surface area contributed by atoms with Gasteiger partial charge < -0.3 is 10.6 Å². The number of thiazole rings is 1. The highest BCUT2D eigenvalue weighted by Crippen LogP contribution is 2.29. The summed E-state index contributed by atoms with van der Waals surface area (Å²) in [5.41, 5.74) is 1.13. The zero-order valence-corrected chi connectivity index (χ0v) is 13.3. The number of hydrogen-bond acceptors (Lipinski definition) is 4. The maximum Gasteiger partial charge on any atom is 0.229 e. The molecule has 1 aromatic carbocycles. The maximum atomic E-state index is 12.1. The molecular weight excluding hydrogens is 306 g/mol. The van der Waals surface area contributed by atoms with Gasteiger partial charge in [-0.05, 0) is 24.6 Å². The number of carbonyl (C=O) groups is 1. The third kappa shape index (κ3) is 3.61. The first-order chi connectivity index (χ1) is 9.74. The number of amides is 1. The third-order valence-corrected chi connectivity index (χ3v) is 4.69. The molecule has 1 aromatic heterocycles. The fourth-order valence-electron chi connectivity index (χ4n) is 2.17. The summed E-state index contributed by atoms with van der Waals surface area (Å²) in [5.74, 6) is 0.536. The van der Waals surface area contributed by atoms with Crippen LogP contribution in [0.25, 0.3) is 10.4 Å². The van der Waals surface area contributed by atoms with Crippen molar-refractivity contribution in [3.8, 4) is 10.4 Å². The quantitative estimate of drug-likeness (QED) is 0.909. The Bertz CT molecular complexity index is 598. The second-order valence-corrected chi connectivity index (χ2v) is 6.12. The lowest BCUT2D eigenvalue weighted by atomic mass is 9.88. The van der Waals surface area contributed by atoms with Gasteiger partial charge in [0.15, 0.2) is 5.13 Å². The first-order valence-electron chi connectivity index (χ1n) is 6.77. The minimum atomic E-state index is 0. The summed E-state index contributed by atoms with van der Waals surface area (Å²) in [4.78, 5) is 17.5. The molecule has 1 fully saturated rings. The maximum absolute atomic E-state index is 12.1. The highest BCUT2D eigenvalue weighted by atomic mass is 35.5. The molecule has 4 nitrogen and oxygen atoms in total. The molecule has 1 aliphatic rings. The molecule has 3 rings (SSSR count). The molecule has 0 spiro atoms. The van der Waals surface area contributed by atoms with Crippen LogP contribution in [0, 0.1) is 11.8 Å². The van der Waals surface area contributed by atoms with E-state index in [9.17, 15) is 4.79 Å². The van der Waals surface area contributed by atoms with E-state index in [1.54, 1.807) is 0 Å². The van der Waals surface area contributed by atoms with Gasteiger partial charge in [-0.1, -0.05) is 48.6 Å². The zero-order valence-electron chi connectivity index (χ0n) is 11.7. The summed E-state index contributed by atoms with van der Waals surface area (Å²) in [7, 11) is 0. The Morgan fingerprint density at radius 2 is 2.10 bits per heavy atom. The van der Waals surface area contributed by atoms with Gasteiger partial charge >= 0.3 is 0 Å². The van der Waals surface area contributed by atoms with Crippen molar-refractivity contribution in [1.29, 1.82) is 0 Å². The molecule has 2 aromatic rings. The average molecular weight is 324 g/mol. The van der Waals surface area contributed by atoms with Crippen molar-refractivity contribution in [2.45, 2.75) is 6.92 Å². The summed E-state index contributed by atoms with van der Waals surface area (Å²) >= 11 is 1.51. The Morgan fingerprint density at radius 1 is 1.38 bits per heavy atom. The van der Waals surface area contributed by atoms with Crippen LogP contribution in [0.1, 0.15) is 6.92 Å². The van der Waals surface area contributed by atoms with Crippen molar-refractivity contribution in [3.63, 3.8) is 0 Å². The predicted octanol–water partition coefficient (Wildman–Crippen LogP) is 3.03. The topological polar surface area (TPSA) is 54.0 Å². The Morgan fingerprint density at radius 3 is 2.71 bits per heavy atom. The Kier molecular flexibility index (Phi) is 5.33. The second kappa shape index (κ2) is 7.02. The molecule has 0 bridgehead atoms. The number of aromatic nitrogens is 1. The van der Waals surface area contributed by atoms with Crippen LogP contribution in [0.15, 0.2) is 36.5 Å². The molecule has 1 amide bonds. The van der Waals surface area contributed by atoms with Crippen molar-refractivity contribution in [2.24, 2.45) is 11.8 Å². The van der Waals surface area contributed by atoms with Crippen LogP contribution in [0.5, 0.6) is 0 Å². The molecule has 1 saturated heterocycles. The van der Waals surface area contributed by atoms with E-state index in [-0.39, 0.29) is 24.2 Å². The number of anilines is 1. The standard InChI is InChI=1S/C15H17N3OS.ClH/c1-10(12-7-16-8-12)14(19)18-15-17-9-13(20-15)11-5-3-2-4-6-11;/h2-6,9-10,12,16H,7-8H2,1H3,(H,17,18,19);1H. The van der Waals surface area contributed by atoms with Crippen molar-refractivity contribution >= 4 is 34.8 Å². The van der Waals surface area contributed by atoms with Crippen LogP contribution in [-0.2, 0) is 4.79 Å². The Labute approximate surface area is 134 Å². The predicted molar refractivity (Wildman–Crippen MR) is 89.0 cm³/mol. The average Bonchev–Trinajstić information content (AvgIpc) is 2.86. The molecular formula is C15H18ClN3OS. The van der Waals surface area contributed by atoms with Gasteiger partial charge in [0.25, 0.3) is 0 Å². The van der Waals surface area contributed by atoms with Gasteiger partial charge in [-0.25, -0.2) is 4.98 Å². The first kappa shape index (κ1) is 15.9. The van der Waals surface area contributed by atoms with Crippen molar-refractivity contribution in [2.75, 3.05) is 18.4 Å². The SMILES string of the molecule is CC(C(=O)Nc1ncc(-c2ccccc2)s1)C1CNC1.Cl. The lowest BCUT2D eigenvalue weighted by Gasteiger charge is -2.31. The summed E-state index contributed by atoms with van der Waals surface area (Å²) < 4.78 is 0. The number of hydrogen-bond donors (Lipinski definition) is 2. The number of nitrogens with one attached hydrogen (secondary N) is 2. The normalized spacial score (nSPS) is 15.7. The minimum absolute atomic E-state index is 0. The molecule has 0 radical (unpaired) electrons. The number of rotatable bonds is 4. The summed E-state index contributed by atoms with van der Waals surface area (Å²) in [6, 6.07) is 10.1. The lowest BCUT2D eigenvalue weighted by molar-refractivity contribution is -0.121. The van der Waals surface area contributed by atoms with Crippen LogP contribution >= 0.6 is 23.7 Å². The monoisotopic (exact) mass is 323 g/mol. The summed E-state index contributed by atoms with van der Waals surface area (Å²) in [6.07, 6.45) is 1.81. The van der Waals surface area contributed by atoms with E-state index in [0.717, 1.165) is 23.5 Å². The van der Waals surface area contributed by atoms with Gasteiger partial charge in [-0.3, -0.25) is 4.79 Å². The number of nitrogens with zero attached hydrogens (tertiary/aromatic N) is 1. The molecule has 6 heteroatoms. The van der Waals surface area contributed by atoms with Gasteiger partial charge in [-0.15, -0.1) is 12.4 Å². The molecule has 0 aliphatic carbocycles. The highest BCUT2D eigenvalue weighted by Gasteiger charge is 2.29.